The van der Waals surface area contributed by atoms with E-state index in [9.17, 15) is 5.11 Å². The highest BCUT2D eigenvalue weighted by molar-refractivity contribution is 7.80. The molecule has 2 N–H and O–H groups in total. The number of likely N-dealkylation sites (tertiary alicyclic amines) is 1. The molecule has 2 rings (SSSR count). The molecule has 0 unspecified atom stereocenters. The second kappa shape index (κ2) is 14.6. The Kier molecular flexibility index (Phi) is 12.5. The van der Waals surface area contributed by atoms with Gasteiger partial charge in [0.15, 0.2) is 5.11 Å². The van der Waals surface area contributed by atoms with Gasteiger partial charge in [0, 0.05) is 38.8 Å². The molecule has 0 aromatic rings. The highest BCUT2D eigenvalue weighted by Gasteiger charge is 2.46. The van der Waals surface area contributed by atoms with Gasteiger partial charge in [-0.1, -0.05) is 40.0 Å². The molecule has 6 nitrogen and oxygen atoms in total. The van der Waals surface area contributed by atoms with Crippen LogP contribution in [0.4, 0.5) is 0 Å². The molecule has 2 fully saturated rings. The lowest BCUT2D eigenvalue weighted by Gasteiger charge is -2.46. The number of nitrogens with zero attached hydrogens (tertiary/aromatic N) is 1. The summed E-state index contributed by atoms with van der Waals surface area (Å²) in [6, 6.07) is -0.256. The number of hydrogen-bond acceptors (Lipinski definition) is 5. The molecule has 0 radical (unpaired) electrons. The van der Waals surface area contributed by atoms with Crippen LogP contribution in [0.3, 0.4) is 0 Å². The van der Waals surface area contributed by atoms with Crippen LogP contribution < -0.4 is 5.32 Å². The number of aliphatic hydroxyl groups excluding tert-OH is 1. The fourth-order valence-electron chi connectivity index (χ4n) is 4.01. The number of unbranched alkanes of at least 4 members (excludes halogenated alkanes) is 3. The van der Waals surface area contributed by atoms with Gasteiger partial charge in [0.1, 0.15) is 6.10 Å². The van der Waals surface area contributed by atoms with Crippen molar-refractivity contribution >= 4 is 17.3 Å². The molecule has 0 amide bonds. The lowest BCUT2D eigenvalue weighted by molar-refractivity contribution is -0.164. The monoisotopic (exact) mass is 444 g/mol. The van der Waals surface area contributed by atoms with Gasteiger partial charge in [-0.05, 0) is 44.3 Å². The van der Waals surface area contributed by atoms with Crippen molar-refractivity contribution in [1.82, 2.24) is 10.2 Å². The van der Waals surface area contributed by atoms with Crippen molar-refractivity contribution < 1.29 is 19.3 Å². The van der Waals surface area contributed by atoms with Crippen LogP contribution in [0.15, 0.2) is 0 Å². The van der Waals surface area contributed by atoms with Crippen molar-refractivity contribution in [3.8, 4) is 0 Å². The first-order valence-electron chi connectivity index (χ1n) is 12.2. The maximum atomic E-state index is 11.0. The third kappa shape index (κ3) is 7.90. The normalized spacial score (nSPS) is 28.9. The summed E-state index contributed by atoms with van der Waals surface area (Å²) >= 11 is 5.61. The first-order valence-corrected chi connectivity index (χ1v) is 12.6. The number of rotatable bonds is 14. The average Bonchev–Trinajstić information content (AvgIpc) is 2.68. The summed E-state index contributed by atoms with van der Waals surface area (Å²) in [5, 5.41) is 15.2. The Morgan fingerprint density at radius 3 is 2.13 bits per heavy atom. The number of nitrogens with one attached hydrogen (secondary N) is 1. The molecule has 0 aromatic heterocycles. The van der Waals surface area contributed by atoms with Gasteiger partial charge >= 0.3 is 0 Å². The maximum Gasteiger partial charge on any atom is 0.169 e. The van der Waals surface area contributed by atoms with E-state index in [-0.39, 0.29) is 24.2 Å². The van der Waals surface area contributed by atoms with E-state index in [4.69, 9.17) is 26.4 Å². The average molecular weight is 445 g/mol. The van der Waals surface area contributed by atoms with E-state index in [0.29, 0.717) is 26.2 Å². The van der Waals surface area contributed by atoms with Crippen LogP contribution in [0.2, 0.25) is 0 Å². The van der Waals surface area contributed by atoms with Crippen molar-refractivity contribution in [2.45, 2.75) is 96.5 Å². The van der Waals surface area contributed by atoms with Gasteiger partial charge in [0.2, 0.25) is 0 Å². The lowest BCUT2D eigenvalue weighted by Crippen LogP contribution is -2.65. The van der Waals surface area contributed by atoms with E-state index in [1.165, 1.54) is 6.42 Å². The Bertz CT molecular complexity index is 478. The van der Waals surface area contributed by atoms with Crippen LogP contribution in [-0.4, -0.2) is 79.0 Å². The van der Waals surface area contributed by atoms with Crippen LogP contribution in [0, 0.1) is 5.92 Å². The van der Waals surface area contributed by atoms with Crippen LogP contribution >= 0.6 is 12.2 Å². The minimum Gasteiger partial charge on any atom is -0.391 e. The Labute approximate surface area is 189 Å². The molecular weight excluding hydrogens is 400 g/mol. The number of hydrogen-bond donors (Lipinski definition) is 2. The first-order chi connectivity index (χ1) is 14.6. The van der Waals surface area contributed by atoms with E-state index in [1.54, 1.807) is 0 Å². The molecule has 5 atom stereocenters. The van der Waals surface area contributed by atoms with Crippen LogP contribution in [0.25, 0.3) is 0 Å². The predicted molar refractivity (Wildman–Crippen MR) is 125 cm³/mol. The Hall–Kier alpha value is -0.470. The number of ether oxygens (including phenoxy) is 3. The van der Waals surface area contributed by atoms with E-state index in [0.717, 1.165) is 63.3 Å². The van der Waals surface area contributed by atoms with E-state index >= 15 is 0 Å². The van der Waals surface area contributed by atoms with Gasteiger partial charge in [0.25, 0.3) is 0 Å². The maximum absolute atomic E-state index is 11.0. The molecule has 0 aromatic carbocycles. The van der Waals surface area contributed by atoms with Gasteiger partial charge < -0.3 is 29.5 Å². The van der Waals surface area contributed by atoms with Gasteiger partial charge in [0.05, 0.1) is 24.9 Å². The van der Waals surface area contributed by atoms with E-state index in [2.05, 4.69) is 31.0 Å². The molecule has 176 valence electrons. The second-order valence-electron chi connectivity index (χ2n) is 8.69. The summed E-state index contributed by atoms with van der Waals surface area (Å²) in [6.07, 6.45) is 7.28. The summed E-state index contributed by atoms with van der Waals surface area (Å²) in [6.45, 7) is 11.2. The molecule has 0 spiro atoms. The standard InChI is InChI=1S/C23H44N2O4S/c1-4-7-13-27-17-18-16-19(26)20(24-23(30)25-11-10-12-25)22(29-15-9-6-3)21(18)28-14-8-5-2/h18-22,26H,4-17H2,1-3H3,(H,24,30)/t18-,19-,20+,21-,22-/m1/s1. The topological polar surface area (TPSA) is 63.2 Å². The van der Waals surface area contributed by atoms with Gasteiger partial charge in [-0.15, -0.1) is 0 Å². The fourth-order valence-corrected chi connectivity index (χ4v) is 4.33. The van der Waals surface area contributed by atoms with Crippen molar-refractivity contribution in [3.63, 3.8) is 0 Å². The predicted octanol–water partition coefficient (Wildman–Crippen LogP) is 3.50. The minimum absolute atomic E-state index is 0.102. The zero-order chi connectivity index (χ0) is 21.8. The van der Waals surface area contributed by atoms with Crippen molar-refractivity contribution in [2.75, 3.05) is 39.5 Å². The Morgan fingerprint density at radius 2 is 1.57 bits per heavy atom. The van der Waals surface area contributed by atoms with Gasteiger partial charge in [-0.3, -0.25) is 0 Å². The number of aliphatic hydroxyl groups is 1. The molecule has 1 aliphatic carbocycles. The zero-order valence-corrected chi connectivity index (χ0v) is 20.1. The molecule has 30 heavy (non-hydrogen) atoms. The van der Waals surface area contributed by atoms with E-state index < -0.39 is 6.10 Å². The van der Waals surface area contributed by atoms with Crippen LogP contribution in [-0.2, 0) is 14.2 Å². The van der Waals surface area contributed by atoms with E-state index in [1.807, 2.05) is 0 Å². The molecule has 2 aliphatic rings. The highest BCUT2D eigenvalue weighted by atomic mass is 32.1. The van der Waals surface area contributed by atoms with Crippen molar-refractivity contribution in [1.29, 1.82) is 0 Å². The summed E-state index contributed by atoms with van der Waals surface area (Å²) in [5.41, 5.74) is 0. The largest absolute Gasteiger partial charge is 0.391 e. The molecule has 7 heteroatoms. The minimum atomic E-state index is -0.540. The molecule has 1 saturated heterocycles. The van der Waals surface area contributed by atoms with Gasteiger partial charge in [-0.25, -0.2) is 0 Å². The third-order valence-electron chi connectivity index (χ3n) is 6.13. The SMILES string of the molecule is CCCCOC[C@H]1C[C@@H](O)[C@H](NC(=S)N2CCC2)[C@@H](OCCCC)[C@@H]1OCCCC. The zero-order valence-electron chi connectivity index (χ0n) is 19.3. The summed E-state index contributed by atoms with van der Waals surface area (Å²) in [5.74, 6) is 0.121. The quantitative estimate of drug-likeness (QED) is 0.314. The van der Waals surface area contributed by atoms with Gasteiger partial charge in [-0.2, -0.15) is 0 Å². The summed E-state index contributed by atoms with van der Waals surface area (Å²) < 4.78 is 18.7. The third-order valence-corrected chi connectivity index (χ3v) is 6.50. The molecule has 1 aliphatic heterocycles. The van der Waals surface area contributed by atoms with Crippen LogP contribution in [0.5, 0.6) is 0 Å². The smallest absolute Gasteiger partial charge is 0.169 e. The van der Waals surface area contributed by atoms with Crippen molar-refractivity contribution in [3.05, 3.63) is 0 Å². The first kappa shape index (κ1) is 25.8. The molecule has 0 bridgehead atoms. The number of thiocarbonyl (C=S) groups is 1. The highest BCUT2D eigenvalue weighted by Crippen LogP contribution is 2.31. The molecule has 1 saturated carbocycles. The van der Waals surface area contributed by atoms with Crippen molar-refractivity contribution in [2.24, 2.45) is 5.92 Å². The Balaban J connectivity index is 2.10. The second-order valence-corrected chi connectivity index (χ2v) is 9.07. The Morgan fingerprint density at radius 1 is 0.967 bits per heavy atom. The van der Waals surface area contributed by atoms with Crippen LogP contribution in [0.1, 0.15) is 72.1 Å². The lowest BCUT2D eigenvalue weighted by atomic mass is 9.79. The summed E-state index contributed by atoms with van der Waals surface area (Å²) in [4.78, 5) is 2.15. The summed E-state index contributed by atoms with van der Waals surface area (Å²) in [7, 11) is 0. The fraction of sp³-hybridized carbons (Fsp3) is 0.957. The molecule has 1 heterocycles. The molecular formula is C23H44N2O4S.